The van der Waals surface area contributed by atoms with Gasteiger partial charge >= 0.3 is 0 Å². The van der Waals surface area contributed by atoms with E-state index in [2.05, 4.69) is 41.8 Å². The number of carbonyl (C=O) groups is 1. The first-order valence-corrected chi connectivity index (χ1v) is 7.33. The number of anilines is 1. The molecule has 2 aromatic carbocycles. The molecule has 3 nitrogen and oxygen atoms in total. The summed E-state index contributed by atoms with van der Waals surface area (Å²) in [5.74, 6) is -0.00581. The van der Waals surface area contributed by atoms with Crippen molar-refractivity contribution in [3.63, 3.8) is 0 Å². The molecule has 0 unspecified atom stereocenters. The molecule has 0 fully saturated rings. The number of amides is 1. The molecule has 2 N–H and O–H groups in total. The molecule has 2 aromatic rings. The van der Waals surface area contributed by atoms with E-state index in [1.165, 1.54) is 11.1 Å². The van der Waals surface area contributed by atoms with Gasteiger partial charge in [-0.2, -0.15) is 0 Å². The van der Waals surface area contributed by atoms with Crippen LogP contribution in [0.3, 0.4) is 0 Å². The molecule has 21 heavy (non-hydrogen) atoms. The molecule has 0 saturated heterocycles. The Morgan fingerprint density at radius 2 is 1.71 bits per heavy atom. The number of rotatable bonds is 6. The van der Waals surface area contributed by atoms with E-state index in [-0.39, 0.29) is 5.91 Å². The molecular formula is C17H19ClN2O. The second-order valence-electron chi connectivity index (χ2n) is 4.97. The fraction of sp³-hybridized carbons (Fsp3) is 0.235. The lowest BCUT2D eigenvalue weighted by atomic mass is 10.1. The Morgan fingerprint density at radius 1 is 1.05 bits per heavy atom. The van der Waals surface area contributed by atoms with E-state index in [0.29, 0.717) is 18.0 Å². The van der Waals surface area contributed by atoms with E-state index in [4.69, 9.17) is 11.6 Å². The van der Waals surface area contributed by atoms with Crippen LogP contribution in [-0.4, -0.2) is 12.5 Å². The summed E-state index contributed by atoms with van der Waals surface area (Å²) in [6, 6.07) is 15.5. The van der Waals surface area contributed by atoms with Gasteiger partial charge in [0.1, 0.15) is 0 Å². The monoisotopic (exact) mass is 302 g/mol. The van der Waals surface area contributed by atoms with E-state index in [1.807, 2.05) is 0 Å². The quantitative estimate of drug-likeness (QED) is 0.798. The summed E-state index contributed by atoms with van der Waals surface area (Å²) in [5.41, 5.74) is 3.24. The lowest BCUT2D eigenvalue weighted by Crippen LogP contribution is -2.21. The highest BCUT2D eigenvalue weighted by Gasteiger charge is 2.02. The van der Waals surface area contributed by atoms with Crippen molar-refractivity contribution in [1.82, 2.24) is 5.32 Å². The Hall–Kier alpha value is -1.84. The molecule has 0 saturated carbocycles. The fourth-order valence-corrected chi connectivity index (χ4v) is 2.02. The number of aryl methyl sites for hydroxylation is 1. The lowest BCUT2D eigenvalue weighted by Gasteiger charge is -2.07. The average Bonchev–Trinajstić information content (AvgIpc) is 2.48. The minimum absolute atomic E-state index is 0.00581. The number of benzene rings is 2. The van der Waals surface area contributed by atoms with Crippen LogP contribution >= 0.6 is 11.6 Å². The third kappa shape index (κ3) is 5.58. The largest absolute Gasteiger partial charge is 0.326 e. The molecule has 1 amide bonds. The van der Waals surface area contributed by atoms with E-state index >= 15 is 0 Å². The Balaban J connectivity index is 1.67. The van der Waals surface area contributed by atoms with E-state index in [0.717, 1.165) is 12.2 Å². The summed E-state index contributed by atoms with van der Waals surface area (Å²) in [6.45, 7) is 3.49. The van der Waals surface area contributed by atoms with Crippen LogP contribution < -0.4 is 10.6 Å². The minimum Gasteiger partial charge on any atom is -0.326 e. The molecule has 0 atom stereocenters. The van der Waals surface area contributed by atoms with Gasteiger partial charge in [0, 0.05) is 30.2 Å². The van der Waals surface area contributed by atoms with E-state index in [9.17, 15) is 4.79 Å². The van der Waals surface area contributed by atoms with Crippen molar-refractivity contribution in [3.8, 4) is 0 Å². The molecule has 2 rings (SSSR count). The Morgan fingerprint density at radius 3 is 2.38 bits per heavy atom. The Bertz CT molecular complexity index is 579. The maximum atomic E-state index is 11.8. The predicted molar refractivity (Wildman–Crippen MR) is 87.6 cm³/mol. The topological polar surface area (TPSA) is 41.1 Å². The number of hydrogen-bond donors (Lipinski definition) is 2. The summed E-state index contributed by atoms with van der Waals surface area (Å²) in [7, 11) is 0. The van der Waals surface area contributed by atoms with Gasteiger partial charge in [-0.1, -0.05) is 41.4 Å². The fourth-order valence-electron chi connectivity index (χ4n) is 1.90. The zero-order valence-electron chi connectivity index (χ0n) is 12.0. The van der Waals surface area contributed by atoms with Crippen molar-refractivity contribution >= 4 is 23.2 Å². The van der Waals surface area contributed by atoms with Gasteiger partial charge in [-0.05, 0) is 36.8 Å². The van der Waals surface area contributed by atoms with Gasteiger partial charge in [-0.15, -0.1) is 0 Å². The molecule has 4 heteroatoms. The number of carbonyl (C=O) groups excluding carboxylic acids is 1. The zero-order valence-corrected chi connectivity index (χ0v) is 12.8. The molecule has 0 heterocycles. The van der Waals surface area contributed by atoms with Crippen LogP contribution in [0.1, 0.15) is 17.5 Å². The van der Waals surface area contributed by atoms with Gasteiger partial charge < -0.3 is 10.6 Å². The van der Waals surface area contributed by atoms with Crippen molar-refractivity contribution in [3.05, 3.63) is 64.7 Å². The van der Waals surface area contributed by atoms with Gasteiger partial charge in [0.2, 0.25) is 5.91 Å². The molecule has 0 aromatic heterocycles. The molecule has 0 aliphatic rings. The van der Waals surface area contributed by atoms with Crippen LogP contribution in [0.4, 0.5) is 5.69 Å². The van der Waals surface area contributed by atoms with E-state index in [1.54, 1.807) is 24.3 Å². The molecule has 0 aliphatic carbocycles. The molecule has 0 bridgehead atoms. The zero-order chi connectivity index (χ0) is 15.1. The van der Waals surface area contributed by atoms with Crippen LogP contribution in [0.2, 0.25) is 5.02 Å². The highest BCUT2D eigenvalue weighted by atomic mass is 35.5. The van der Waals surface area contributed by atoms with Crippen molar-refractivity contribution in [1.29, 1.82) is 0 Å². The first kappa shape index (κ1) is 15.5. The van der Waals surface area contributed by atoms with Gasteiger partial charge in [0.15, 0.2) is 0 Å². The maximum absolute atomic E-state index is 11.8. The van der Waals surface area contributed by atoms with Gasteiger partial charge in [-0.3, -0.25) is 4.79 Å². The smallest absolute Gasteiger partial charge is 0.225 e. The lowest BCUT2D eigenvalue weighted by molar-refractivity contribution is -0.116. The molecular weight excluding hydrogens is 284 g/mol. The first-order chi connectivity index (χ1) is 10.1. The molecule has 0 radical (unpaired) electrons. The van der Waals surface area contributed by atoms with Crippen molar-refractivity contribution in [2.75, 3.05) is 11.9 Å². The van der Waals surface area contributed by atoms with Crippen LogP contribution in [-0.2, 0) is 11.3 Å². The van der Waals surface area contributed by atoms with Gasteiger partial charge in [0.25, 0.3) is 0 Å². The van der Waals surface area contributed by atoms with Crippen molar-refractivity contribution < 1.29 is 4.79 Å². The van der Waals surface area contributed by atoms with Crippen LogP contribution in [0.5, 0.6) is 0 Å². The van der Waals surface area contributed by atoms with Crippen molar-refractivity contribution in [2.24, 2.45) is 0 Å². The number of nitrogens with one attached hydrogen (secondary N) is 2. The van der Waals surface area contributed by atoms with Gasteiger partial charge in [-0.25, -0.2) is 0 Å². The highest BCUT2D eigenvalue weighted by Crippen LogP contribution is 2.13. The van der Waals surface area contributed by atoms with Crippen LogP contribution in [0.15, 0.2) is 48.5 Å². The third-order valence-corrected chi connectivity index (χ3v) is 3.36. The molecule has 0 spiro atoms. The summed E-state index contributed by atoms with van der Waals surface area (Å²) < 4.78 is 0. The predicted octanol–water partition coefficient (Wildman–Crippen LogP) is 3.77. The minimum atomic E-state index is -0.00581. The third-order valence-electron chi connectivity index (χ3n) is 3.11. The SMILES string of the molecule is Cc1ccc(CNCCC(=O)Nc2ccc(Cl)cc2)cc1. The van der Waals surface area contributed by atoms with E-state index < -0.39 is 0 Å². The summed E-state index contributed by atoms with van der Waals surface area (Å²) >= 11 is 5.80. The molecule has 110 valence electrons. The Labute approximate surface area is 130 Å². The standard InChI is InChI=1S/C17H19ClN2O/c1-13-2-4-14(5-3-13)12-19-11-10-17(21)20-16-8-6-15(18)7-9-16/h2-9,19H,10-12H2,1H3,(H,20,21). The summed E-state index contributed by atoms with van der Waals surface area (Å²) in [5, 5.41) is 6.76. The van der Waals surface area contributed by atoms with Crippen LogP contribution in [0, 0.1) is 6.92 Å². The normalized spacial score (nSPS) is 10.4. The maximum Gasteiger partial charge on any atom is 0.225 e. The number of hydrogen-bond acceptors (Lipinski definition) is 2. The number of halogens is 1. The highest BCUT2D eigenvalue weighted by molar-refractivity contribution is 6.30. The first-order valence-electron chi connectivity index (χ1n) is 6.95. The second-order valence-corrected chi connectivity index (χ2v) is 5.40. The van der Waals surface area contributed by atoms with Crippen LogP contribution in [0.25, 0.3) is 0 Å². The Kier molecular flexibility index (Phi) is 5.78. The summed E-state index contributed by atoms with van der Waals surface area (Å²) in [6.07, 6.45) is 0.439. The second kappa shape index (κ2) is 7.81. The van der Waals surface area contributed by atoms with Crippen molar-refractivity contribution in [2.45, 2.75) is 19.9 Å². The molecule has 0 aliphatic heterocycles. The average molecular weight is 303 g/mol. The van der Waals surface area contributed by atoms with Gasteiger partial charge in [0.05, 0.1) is 0 Å². The summed E-state index contributed by atoms with van der Waals surface area (Å²) in [4.78, 5) is 11.8.